The monoisotopic (exact) mass is 438 g/mol. The summed E-state index contributed by atoms with van der Waals surface area (Å²) in [6.07, 6.45) is 6.56. The number of rotatable bonds is 7. The summed E-state index contributed by atoms with van der Waals surface area (Å²) in [6.45, 7) is 0.361. The number of hydrazone groups is 1. The smallest absolute Gasteiger partial charge is 0.293 e. The van der Waals surface area contributed by atoms with Crippen LogP contribution in [0.5, 0.6) is 11.5 Å². The van der Waals surface area contributed by atoms with Gasteiger partial charge >= 0.3 is 0 Å². The SMILES string of the molecule is COc1ccc(C=NNC(=O)c2nn(C)cc2Cl)cc1COc1ccc2c(c1)CCC2. The van der Waals surface area contributed by atoms with E-state index in [1.807, 2.05) is 24.3 Å². The fourth-order valence-electron chi connectivity index (χ4n) is 3.62. The van der Waals surface area contributed by atoms with Gasteiger partial charge in [-0.05, 0) is 66.3 Å². The molecule has 0 bridgehead atoms. The van der Waals surface area contributed by atoms with Crippen LogP contribution < -0.4 is 14.9 Å². The molecule has 31 heavy (non-hydrogen) atoms. The van der Waals surface area contributed by atoms with Crippen LogP contribution in [0.4, 0.5) is 0 Å². The molecule has 8 heteroatoms. The lowest BCUT2D eigenvalue weighted by Crippen LogP contribution is -2.18. The minimum atomic E-state index is -0.476. The first-order valence-corrected chi connectivity index (χ1v) is 10.4. The Hall–Kier alpha value is -3.32. The van der Waals surface area contributed by atoms with Gasteiger partial charge in [0.15, 0.2) is 5.69 Å². The fraction of sp³-hybridized carbons (Fsp3) is 0.261. The lowest BCUT2D eigenvalue weighted by molar-refractivity contribution is 0.0949. The van der Waals surface area contributed by atoms with Crippen LogP contribution in [0.2, 0.25) is 5.02 Å². The predicted molar refractivity (Wildman–Crippen MR) is 119 cm³/mol. The van der Waals surface area contributed by atoms with Crippen molar-refractivity contribution in [2.24, 2.45) is 12.1 Å². The van der Waals surface area contributed by atoms with Crippen LogP contribution in [0, 0.1) is 0 Å². The van der Waals surface area contributed by atoms with Crippen molar-refractivity contribution in [1.29, 1.82) is 0 Å². The van der Waals surface area contributed by atoms with Gasteiger partial charge in [0, 0.05) is 18.8 Å². The third kappa shape index (κ3) is 4.88. The molecule has 2 aromatic carbocycles. The largest absolute Gasteiger partial charge is 0.496 e. The average Bonchev–Trinajstić information content (AvgIpc) is 3.37. The molecule has 0 fully saturated rings. The van der Waals surface area contributed by atoms with E-state index in [9.17, 15) is 4.79 Å². The van der Waals surface area contributed by atoms with Crippen molar-refractivity contribution in [2.45, 2.75) is 25.9 Å². The molecule has 0 spiro atoms. The van der Waals surface area contributed by atoms with E-state index in [0.717, 1.165) is 35.5 Å². The molecule has 0 unspecified atom stereocenters. The topological polar surface area (TPSA) is 77.7 Å². The molecule has 1 aromatic heterocycles. The van der Waals surface area contributed by atoms with Crippen molar-refractivity contribution < 1.29 is 14.3 Å². The first-order chi connectivity index (χ1) is 15.0. The highest BCUT2D eigenvalue weighted by Crippen LogP contribution is 2.27. The molecule has 3 aromatic rings. The van der Waals surface area contributed by atoms with Crippen LogP contribution in [0.3, 0.4) is 0 Å². The van der Waals surface area contributed by atoms with Crippen molar-refractivity contribution >= 4 is 23.7 Å². The molecule has 0 radical (unpaired) electrons. The Kier molecular flexibility index (Phi) is 6.23. The van der Waals surface area contributed by atoms with Gasteiger partial charge in [-0.2, -0.15) is 10.2 Å². The number of fused-ring (bicyclic) bond motifs is 1. The molecule has 0 atom stereocenters. The summed E-state index contributed by atoms with van der Waals surface area (Å²) in [7, 11) is 3.31. The van der Waals surface area contributed by atoms with Crippen molar-refractivity contribution in [1.82, 2.24) is 15.2 Å². The highest BCUT2D eigenvalue weighted by Gasteiger charge is 2.14. The molecule has 0 aliphatic heterocycles. The van der Waals surface area contributed by atoms with Crippen LogP contribution >= 0.6 is 11.6 Å². The maximum Gasteiger partial charge on any atom is 0.293 e. The maximum absolute atomic E-state index is 12.2. The quantitative estimate of drug-likeness (QED) is 0.448. The molecule has 4 rings (SSSR count). The zero-order chi connectivity index (χ0) is 21.8. The number of hydrogen-bond acceptors (Lipinski definition) is 5. The lowest BCUT2D eigenvalue weighted by Gasteiger charge is -2.12. The highest BCUT2D eigenvalue weighted by atomic mass is 35.5. The molecule has 7 nitrogen and oxygen atoms in total. The van der Waals surface area contributed by atoms with Gasteiger partial charge in [0.2, 0.25) is 0 Å². The number of carbonyl (C=O) groups excluding carboxylic acids is 1. The van der Waals surface area contributed by atoms with Crippen molar-refractivity contribution in [3.05, 3.63) is 75.6 Å². The Morgan fingerprint density at radius 2 is 2.10 bits per heavy atom. The molecule has 0 saturated carbocycles. The van der Waals surface area contributed by atoms with Gasteiger partial charge in [-0.1, -0.05) is 17.7 Å². The summed E-state index contributed by atoms with van der Waals surface area (Å²) in [4.78, 5) is 12.2. The van der Waals surface area contributed by atoms with E-state index in [0.29, 0.717) is 6.61 Å². The third-order valence-corrected chi connectivity index (χ3v) is 5.42. The number of methoxy groups -OCH3 is 1. The zero-order valence-corrected chi connectivity index (χ0v) is 18.1. The Balaban J connectivity index is 1.42. The molecule has 1 amide bonds. The maximum atomic E-state index is 12.2. The number of hydrogen-bond donors (Lipinski definition) is 1. The van der Waals surface area contributed by atoms with E-state index < -0.39 is 5.91 Å². The number of benzene rings is 2. The predicted octanol–water partition coefficient (Wildman–Crippen LogP) is 3.91. The molecule has 1 heterocycles. The summed E-state index contributed by atoms with van der Waals surface area (Å²) in [5.74, 6) is 1.10. The third-order valence-electron chi connectivity index (χ3n) is 5.15. The van der Waals surface area contributed by atoms with Gasteiger partial charge in [-0.25, -0.2) is 5.43 Å². The zero-order valence-electron chi connectivity index (χ0n) is 17.4. The molecule has 1 N–H and O–H groups in total. The van der Waals surface area contributed by atoms with Gasteiger partial charge in [0.05, 0.1) is 18.3 Å². The summed E-state index contributed by atoms with van der Waals surface area (Å²) < 4.78 is 12.9. The molecule has 0 saturated heterocycles. The summed E-state index contributed by atoms with van der Waals surface area (Å²) in [5, 5.41) is 8.29. The van der Waals surface area contributed by atoms with Gasteiger partial charge in [-0.15, -0.1) is 0 Å². The van der Waals surface area contributed by atoms with E-state index in [1.54, 1.807) is 26.6 Å². The second-order valence-electron chi connectivity index (χ2n) is 7.34. The summed E-state index contributed by atoms with van der Waals surface area (Å²) in [5.41, 5.74) is 7.02. The molecule has 1 aliphatic rings. The Labute approximate surface area is 185 Å². The number of carbonyl (C=O) groups is 1. The van der Waals surface area contributed by atoms with Crippen LogP contribution in [0.1, 0.15) is 39.2 Å². The molecule has 1 aliphatic carbocycles. The first kappa shape index (κ1) is 20.9. The number of amides is 1. The van der Waals surface area contributed by atoms with Gasteiger partial charge < -0.3 is 9.47 Å². The van der Waals surface area contributed by atoms with Crippen molar-refractivity contribution in [2.75, 3.05) is 7.11 Å². The normalized spacial score (nSPS) is 12.7. The van der Waals surface area contributed by atoms with Gasteiger partial charge in [0.25, 0.3) is 5.91 Å². The Morgan fingerprint density at radius 3 is 2.87 bits per heavy atom. The first-order valence-electron chi connectivity index (χ1n) is 9.97. The Morgan fingerprint density at radius 1 is 1.26 bits per heavy atom. The van der Waals surface area contributed by atoms with Crippen molar-refractivity contribution in [3.63, 3.8) is 0 Å². The Bertz CT molecular complexity index is 1140. The van der Waals surface area contributed by atoms with E-state index in [-0.39, 0.29) is 10.7 Å². The van der Waals surface area contributed by atoms with Crippen LogP contribution in [-0.4, -0.2) is 29.0 Å². The van der Waals surface area contributed by atoms with Gasteiger partial charge in [-0.3, -0.25) is 9.48 Å². The van der Waals surface area contributed by atoms with Gasteiger partial charge in [0.1, 0.15) is 18.1 Å². The number of ether oxygens (including phenoxy) is 2. The minimum absolute atomic E-state index is 0.125. The van der Waals surface area contributed by atoms with Crippen LogP contribution in [0.25, 0.3) is 0 Å². The van der Waals surface area contributed by atoms with Crippen molar-refractivity contribution in [3.8, 4) is 11.5 Å². The molecular formula is C23H23ClN4O3. The van der Waals surface area contributed by atoms with E-state index in [4.69, 9.17) is 21.1 Å². The number of nitrogens with one attached hydrogen (secondary N) is 1. The highest BCUT2D eigenvalue weighted by molar-refractivity contribution is 6.33. The van der Waals surface area contributed by atoms with Crippen LogP contribution in [0.15, 0.2) is 47.7 Å². The summed E-state index contributed by atoms with van der Waals surface area (Å²) in [6, 6.07) is 11.9. The summed E-state index contributed by atoms with van der Waals surface area (Å²) >= 11 is 5.98. The van der Waals surface area contributed by atoms with E-state index in [2.05, 4.69) is 27.8 Å². The molecule has 160 valence electrons. The minimum Gasteiger partial charge on any atom is -0.496 e. The average molecular weight is 439 g/mol. The second kappa shape index (κ2) is 9.22. The van der Waals surface area contributed by atoms with E-state index in [1.165, 1.54) is 22.2 Å². The lowest BCUT2D eigenvalue weighted by atomic mass is 10.1. The number of nitrogens with zero attached hydrogens (tertiary/aromatic N) is 3. The fourth-order valence-corrected chi connectivity index (χ4v) is 3.89. The second-order valence-corrected chi connectivity index (χ2v) is 7.75. The number of aryl methyl sites for hydroxylation is 3. The molecular weight excluding hydrogens is 416 g/mol. The van der Waals surface area contributed by atoms with Crippen LogP contribution in [-0.2, 0) is 26.5 Å². The van der Waals surface area contributed by atoms with E-state index >= 15 is 0 Å². The number of halogens is 1. The standard InChI is InChI=1S/C23H23ClN4O3/c1-28-13-20(24)22(27-28)23(29)26-25-12-15-6-9-21(30-2)18(10-15)14-31-19-8-7-16-4-3-5-17(16)11-19/h6-13H,3-5,14H2,1-2H3,(H,26,29). The number of aromatic nitrogens is 2.